The Kier molecular flexibility index (Phi) is 8.32. The van der Waals surface area contributed by atoms with Crippen molar-refractivity contribution in [2.24, 2.45) is 24.8 Å². The van der Waals surface area contributed by atoms with Crippen LogP contribution in [0.1, 0.15) is 21.6 Å². The number of hydrogen-bond donors (Lipinski definition) is 2. The predicted octanol–water partition coefficient (Wildman–Crippen LogP) is 4.45. The zero-order valence-electron chi connectivity index (χ0n) is 20.5. The molecule has 0 amide bonds. The van der Waals surface area contributed by atoms with E-state index < -0.39 is 24.0 Å². The van der Waals surface area contributed by atoms with Gasteiger partial charge in [-0.1, -0.05) is 24.3 Å². The Hall–Kier alpha value is -3.51. The second kappa shape index (κ2) is 11.5. The Morgan fingerprint density at radius 2 is 1.87 bits per heavy atom. The molecule has 1 saturated carbocycles. The molecule has 0 bridgehead atoms. The van der Waals surface area contributed by atoms with Crippen molar-refractivity contribution in [2.75, 3.05) is 19.6 Å². The summed E-state index contributed by atoms with van der Waals surface area (Å²) in [6.45, 7) is 3.34. The Labute approximate surface area is 215 Å². The standard InChI is InChI=1S/C21H21F5N2O.C5H6N2O2/c22-19-6-2-4-14(20(19)23)10-28-11-17-16(18(17)12-28)9-27-8-13-3-1-5-15(7-13)29-21(24,25)26;1-7-2-4(5(8)9)6-3-7/h1-7,16-18,27H,8-12H2;2-3H,1H3,(H,8,9). The molecule has 2 fully saturated rings. The number of aryl methyl sites for hydroxylation is 1. The van der Waals surface area contributed by atoms with Gasteiger partial charge in [-0.05, 0) is 48.1 Å². The molecular formula is C26H27F5N4O3. The van der Waals surface area contributed by atoms with Crippen molar-refractivity contribution in [3.63, 3.8) is 0 Å². The lowest BCUT2D eigenvalue weighted by Crippen LogP contribution is -2.27. The van der Waals surface area contributed by atoms with Crippen molar-refractivity contribution >= 4 is 5.97 Å². The van der Waals surface area contributed by atoms with Crippen LogP contribution in [-0.4, -0.2) is 51.5 Å². The molecular weight excluding hydrogens is 511 g/mol. The zero-order valence-corrected chi connectivity index (χ0v) is 20.5. The number of carbonyl (C=O) groups is 1. The molecule has 1 saturated heterocycles. The molecule has 2 heterocycles. The molecule has 1 aliphatic carbocycles. The number of rotatable bonds is 8. The highest BCUT2D eigenvalue weighted by molar-refractivity contribution is 5.84. The summed E-state index contributed by atoms with van der Waals surface area (Å²) in [6, 6.07) is 10.2. The fraction of sp³-hybridized carbons (Fsp3) is 0.385. The van der Waals surface area contributed by atoms with Crippen LogP contribution in [0.3, 0.4) is 0 Å². The molecule has 0 radical (unpaired) electrons. The summed E-state index contributed by atoms with van der Waals surface area (Å²) < 4.78 is 69.5. The molecule has 2 N–H and O–H groups in total. The fourth-order valence-corrected chi connectivity index (χ4v) is 4.84. The van der Waals surface area contributed by atoms with Gasteiger partial charge in [0.1, 0.15) is 5.75 Å². The number of imidazole rings is 1. The molecule has 2 aromatic carbocycles. The number of alkyl halides is 3. The molecule has 2 atom stereocenters. The van der Waals surface area contributed by atoms with Crippen molar-refractivity contribution in [1.29, 1.82) is 0 Å². The van der Waals surface area contributed by atoms with E-state index in [4.69, 9.17) is 5.11 Å². The molecule has 3 aromatic rings. The van der Waals surface area contributed by atoms with Gasteiger partial charge in [0.2, 0.25) is 0 Å². The van der Waals surface area contributed by atoms with Gasteiger partial charge < -0.3 is 19.7 Å². The minimum absolute atomic E-state index is 0.0810. The van der Waals surface area contributed by atoms with E-state index >= 15 is 0 Å². The summed E-state index contributed by atoms with van der Waals surface area (Å²) in [7, 11) is 1.72. The van der Waals surface area contributed by atoms with Gasteiger partial charge in [-0.15, -0.1) is 13.2 Å². The van der Waals surface area contributed by atoms with Crippen LogP contribution in [0.25, 0.3) is 0 Å². The van der Waals surface area contributed by atoms with Crippen LogP contribution in [0.5, 0.6) is 5.75 Å². The number of benzene rings is 2. The highest BCUT2D eigenvalue weighted by Crippen LogP contribution is 2.51. The van der Waals surface area contributed by atoms with Crippen LogP contribution in [0.2, 0.25) is 0 Å². The normalized spacial score (nSPS) is 20.4. The van der Waals surface area contributed by atoms with Gasteiger partial charge in [-0.3, -0.25) is 4.90 Å². The van der Waals surface area contributed by atoms with Gasteiger partial charge in [-0.2, -0.15) is 0 Å². The SMILES string of the molecule is Cn1cnc(C(=O)O)c1.Fc1cccc(CN2CC3C(CNCc4cccc(OC(F)(F)F)c4)C3C2)c1F. The average Bonchev–Trinajstić information content (AvgIpc) is 3.14. The van der Waals surface area contributed by atoms with Gasteiger partial charge in [0.15, 0.2) is 17.3 Å². The van der Waals surface area contributed by atoms with E-state index in [1.54, 1.807) is 23.7 Å². The van der Waals surface area contributed by atoms with Crippen molar-refractivity contribution < 1.29 is 36.6 Å². The Bertz CT molecular complexity index is 1250. The summed E-state index contributed by atoms with van der Waals surface area (Å²) in [5.41, 5.74) is 1.18. The third-order valence-electron chi connectivity index (χ3n) is 6.64. The Balaban J connectivity index is 0.000000317. The molecule has 2 aliphatic rings. The van der Waals surface area contributed by atoms with E-state index in [1.807, 2.05) is 0 Å². The van der Waals surface area contributed by atoms with Gasteiger partial charge in [0.25, 0.3) is 0 Å². The summed E-state index contributed by atoms with van der Waals surface area (Å²) in [6.07, 6.45) is -1.80. The van der Waals surface area contributed by atoms with E-state index in [0.717, 1.165) is 31.3 Å². The van der Waals surface area contributed by atoms with Crippen molar-refractivity contribution in [3.8, 4) is 5.75 Å². The first kappa shape index (κ1) is 27.5. The number of hydrogen-bond acceptors (Lipinski definition) is 5. The number of ether oxygens (including phenoxy) is 1. The molecule has 1 aliphatic heterocycles. The molecule has 2 unspecified atom stereocenters. The monoisotopic (exact) mass is 538 g/mol. The van der Waals surface area contributed by atoms with Crippen molar-refractivity contribution in [1.82, 2.24) is 19.8 Å². The zero-order chi connectivity index (χ0) is 27.4. The van der Waals surface area contributed by atoms with Crippen molar-refractivity contribution in [2.45, 2.75) is 19.5 Å². The molecule has 7 nitrogen and oxygen atoms in total. The number of carboxylic acid groups (broad SMARTS) is 1. The van der Waals surface area contributed by atoms with Gasteiger partial charge >= 0.3 is 12.3 Å². The number of nitrogens with one attached hydrogen (secondary N) is 1. The second-order valence-corrected chi connectivity index (χ2v) is 9.45. The van der Waals surface area contributed by atoms with Crippen LogP contribution in [-0.2, 0) is 20.1 Å². The van der Waals surface area contributed by atoms with E-state index in [2.05, 4.69) is 19.9 Å². The smallest absolute Gasteiger partial charge is 0.476 e. The quantitative estimate of drug-likeness (QED) is 0.413. The number of aromatic carboxylic acids is 1. The van der Waals surface area contributed by atoms with Crippen LogP contribution in [0.4, 0.5) is 22.0 Å². The Morgan fingerprint density at radius 3 is 2.47 bits per heavy atom. The average molecular weight is 539 g/mol. The van der Waals surface area contributed by atoms with Crippen LogP contribution < -0.4 is 10.1 Å². The highest BCUT2D eigenvalue weighted by atomic mass is 19.4. The number of aromatic nitrogens is 2. The van der Waals surface area contributed by atoms with E-state index in [-0.39, 0.29) is 11.4 Å². The van der Waals surface area contributed by atoms with Gasteiger partial charge in [0.05, 0.1) is 6.33 Å². The maximum atomic E-state index is 13.8. The lowest BCUT2D eigenvalue weighted by molar-refractivity contribution is -0.274. The van der Waals surface area contributed by atoms with Crippen LogP contribution in [0.15, 0.2) is 55.0 Å². The molecule has 0 spiro atoms. The summed E-state index contributed by atoms with van der Waals surface area (Å²) in [5, 5.41) is 11.6. The van der Waals surface area contributed by atoms with Gasteiger partial charge in [-0.25, -0.2) is 18.6 Å². The molecule has 38 heavy (non-hydrogen) atoms. The van der Waals surface area contributed by atoms with Crippen LogP contribution in [0, 0.1) is 29.4 Å². The predicted molar refractivity (Wildman–Crippen MR) is 127 cm³/mol. The lowest BCUT2D eigenvalue weighted by atomic mass is 10.1. The minimum Gasteiger partial charge on any atom is -0.476 e. The third kappa shape index (κ3) is 7.29. The van der Waals surface area contributed by atoms with Gasteiger partial charge in [0, 0.05) is 45.0 Å². The minimum atomic E-state index is -4.70. The summed E-state index contributed by atoms with van der Waals surface area (Å²) in [4.78, 5) is 15.9. The second-order valence-electron chi connectivity index (χ2n) is 9.45. The number of halogens is 5. The first-order chi connectivity index (χ1) is 18.0. The third-order valence-corrected chi connectivity index (χ3v) is 6.64. The number of fused-ring (bicyclic) bond motifs is 1. The highest BCUT2D eigenvalue weighted by Gasteiger charge is 2.54. The maximum Gasteiger partial charge on any atom is 0.573 e. The number of carboxylic acids is 1. The number of nitrogens with zero attached hydrogens (tertiary/aromatic N) is 3. The molecule has 5 rings (SSSR count). The summed E-state index contributed by atoms with van der Waals surface area (Å²) in [5.74, 6) is -1.24. The molecule has 1 aromatic heterocycles. The molecule has 204 valence electrons. The van der Waals surface area contributed by atoms with E-state index in [0.29, 0.717) is 36.4 Å². The number of piperidine rings is 1. The first-order valence-electron chi connectivity index (χ1n) is 11.9. The topological polar surface area (TPSA) is 79.6 Å². The first-order valence-corrected chi connectivity index (χ1v) is 11.9. The Morgan fingerprint density at radius 1 is 1.16 bits per heavy atom. The largest absolute Gasteiger partial charge is 0.573 e. The lowest BCUT2D eigenvalue weighted by Gasteiger charge is -2.20. The summed E-state index contributed by atoms with van der Waals surface area (Å²) >= 11 is 0. The van der Waals surface area contributed by atoms with Crippen molar-refractivity contribution in [3.05, 3.63) is 83.4 Å². The fourth-order valence-electron chi connectivity index (χ4n) is 4.84. The molecule has 12 heteroatoms. The maximum absolute atomic E-state index is 13.8. The van der Waals surface area contributed by atoms with Crippen LogP contribution >= 0.6 is 0 Å². The van der Waals surface area contributed by atoms with E-state index in [1.165, 1.54) is 36.8 Å². The van der Waals surface area contributed by atoms with E-state index in [9.17, 15) is 26.7 Å². The number of likely N-dealkylation sites (tertiary alicyclic amines) is 1.